The van der Waals surface area contributed by atoms with E-state index in [1.165, 1.54) is 6.42 Å². The number of likely N-dealkylation sites (N-methyl/N-ethyl adjacent to an activating group) is 1. The second-order valence-corrected chi connectivity index (χ2v) is 4.16. The first-order valence-electron chi connectivity index (χ1n) is 5.82. The molecule has 0 radical (unpaired) electrons. The topological polar surface area (TPSA) is 33.7 Å². The van der Waals surface area contributed by atoms with Gasteiger partial charge >= 0.3 is 0 Å². The fraction of sp³-hybridized carbons (Fsp3) is 1.00. The summed E-state index contributed by atoms with van der Waals surface area (Å²) in [6.07, 6.45) is 2.71. The second kappa shape index (κ2) is 8.05. The average Bonchev–Trinajstić information content (AvgIpc) is 2.26. The predicted molar refractivity (Wildman–Crippen MR) is 61.2 cm³/mol. The Balaban J connectivity index is 1.98. The van der Waals surface area contributed by atoms with Crippen molar-refractivity contribution in [3.63, 3.8) is 0 Å². The highest BCUT2D eigenvalue weighted by Gasteiger charge is 2.14. The smallest absolute Gasteiger partial charge is 0.0826 e. The molecule has 1 saturated heterocycles. The standard InChI is InChI=1S/C11H24N2O2/c1-13(6-3-4-7-14-2)10-11-9-12-5-8-15-11/h11-12H,3-10H2,1-2H3. The average molecular weight is 216 g/mol. The third-order valence-electron chi connectivity index (χ3n) is 2.66. The molecule has 0 aromatic rings. The molecule has 1 aliphatic rings. The summed E-state index contributed by atoms with van der Waals surface area (Å²) in [5.41, 5.74) is 0. The lowest BCUT2D eigenvalue weighted by Gasteiger charge is -2.27. The van der Waals surface area contributed by atoms with Crippen molar-refractivity contribution in [1.82, 2.24) is 10.2 Å². The zero-order valence-corrected chi connectivity index (χ0v) is 10.00. The molecule has 1 fully saturated rings. The highest BCUT2D eigenvalue weighted by atomic mass is 16.5. The van der Waals surface area contributed by atoms with Crippen LogP contribution in [0, 0.1) is 0 Å². The van der Waals surface area contributed by atoms with Crippen LogP contribution in [0.3, 0.4) is 0 Å². The maximum atomic E-state index is 5.65. The molecule has 0 spiro atoms. The summed E-state index contributed by atoms with van der Waals surface area (Å²) in [6.45, 7) is 5.86. The molecule has 0 bridgehead atoms. The van der Waals surface area contributed by atoms with Crippen molar-refractivity contribution in [1.29, 1.82) is 0 Å². The van der Waals surface area contributed by atoms with E-state index in [2.05, 4.69) is 17.3 Å². The highest BCUT2D eigenvalue weighted by molar-refractivity contribution is 4.70. The molecule has 0 aromatic heterocycles. The van der Waals surface area contributed by atoms with Crippen LogP contribution in [0.1, 0.15) is 12.8 Å². The normalized spacial score (nSPS) is 22.2. The molecule has 0 saturated carbocycles. The molecular weight excluding hydrogens is 192 g/mol. The van der Waals surface area contributed by atoms with E-state index >= 15 is 0 Å². The molecule has 1 heterocycles. The molecule has 4 nitrogen and oxygen atoms in total. The van der Waals surface area contributed by atoms with Crippen LogP contribution in [-0.4, -0.2) is 64.6 Å². The van der Waals surface area contributed by atoms with E-state index in [9.17, 15) is 0 Å². The number of unbranched alkanes of at least 4 members (excludes halogenated alkanes) is 1. The zero-order valence-electron chi connectivity index (χ0n) is 10.00. The minimum atomic E-state index is 0.367. The van der Waals surface area contributed by atoms with Gasteiger partial charge in [0.15, 0.2) is 0 Å². The maximum absolute atomic E-state index is 5.65. The molecule has 0 aromatic carbocycles. The van der Waals surface area contributed by atoms with Gasteiger partial charge in [-0.15, -0.1) is 0 Å². The SMILES string of the molecule is COCCCCN(C)CC1CNCCO1. The van der Waals surface area contributed by atoms with Gasteiger partial charge in [-0.1, -0.05) is 0 Å². The Labute approximate surface area is 92.9 Å². The van der Waals surface area contributed by atoms with Crippen molar-refractivity contribution in [2.24, 2.45) is 0 Å². The summed E-state index contributed by atoms with van der Waals surface area (Å²) in [5, 5.41) is 3.34. The van der Waals surface area contributed by atoms with Gasteiger partial charge in [-0.3, -0.25) is 0 Å². The van der Waals surface area contributed by atoms with Crippen molar-refractivity contribution < 1.29 is 9.47 Å². The number of rotatable bonds is 7. The van der Waals surface area contributed by atoms with Gasteiger partial charge in [0.05, 0.1) is 12.7 Å². The number of hydrogen-bond acceptors (Lipinski definition) is 4. The van der Waals surface area contributed by atoms with Crippen LogP contribution in [0.4, 0.5) is 0 Å². The molecular formula is C11H24N2O2. The van der Waals surface area contributed by atoms with Crippen LogP contribution in [0.5, 0.6) is 0 Å². The van der Waals surface area contributed by atoms with Crippen LogP contribution in [0.25, 0.3) is 0 Å². The molecule has 1 atom stereocenters. The van der Waals surface area contributed by atoms with E-state index in [1.54, 1.807) is 7.11 Å². The lowest BCUT2D eigenvalue weighted by atomic mass is 10.2. The van der Waals surface area contributed by atoms with Crippen molar-refractivity contribution in [3.05, 3.63) is 0 Å². The molecule has 15 heavy (non-hydrogen) atoms. The first-order valence-corrected chi connectivity index (χ1v) is 5.82. The number of ether oxygens (including phenoxy) is 2. The Morgan fingerprint density at radius 2 is 2.33 bits per heavy atom. The van der Waals surface area contributed by atoms with Gasteiger partial charge in [0, 0.05) is 33.4 Å². The third-order valence-corrected chi connectivity index (χ3v) is 2.66. The molecule has 0 aliphatic carbocycles. The van der Waals surface area contributed by atoms with Crippen LogP contribution >= 0.6 is 0 Å². The number of hydrogen-bond donors (Lipinski definition) is 1. The number of methoxy groups -OCH3 is 1. The van der Waals surface area contributed by atoms with Crippen LogP contribution in [-0.2, 0) is 9.47 Å². The molecule has 1 unspecified atom stereocenters. The van der Waals surface area contributed by atoms with Gasteiger partial charge in [0.1, 0.15) is 0 Å². The van der Waals surface area contributed by atoms with Crippen LogP contribution < -0.4 is 5.32 Å². The van der Waals surface area contributed by atoms with Gasteiger partial charge in [-0.2, -0.15) is 0 Å². The Morgan fingerprint density at radius 3 is 3.00 bits per heavy atom. The fourth-order valence-corrected chi connectivity index (χ4v) is 1.80. The van der Waals surface area contributed by atoms with Crippen molar-refractivity contribution in [2.75, 3.05) is 53.6 Å². The monoisotopic (exact) mass is 216 g/mol. The Bertz CT molecular complexity index is 150. The van der Waals surface area contributed by atoms with Crippen molar-refractivity contribution in [2.45, 2.75) is 18.9 Å². The minimum Gasteiger partial charge on any atom is -0.385 e. The predicted octanol–water partition coefficient (Wildman–Crippen LogP) is 0.333. The van der Waals surface area contributed by atoms with Crippen LogP contribution in [0.2, 0.25) is 0 Å². The van der Waals surface area contributed by atoms with Crippen molar-refractivity contribution >= 4 is 0 Å². The first kappa shape index (κ1) is 12.9. The highest BCUT2D eigenvalue weighted by Crippen LogP contribution is 2.00. The summed E-state index contributed by atoms with van der Waals surface area (Å²) in [6, 6.07) is 0. The summed E-state index contributed by atoms with van der Waals surface area (Å²) in [5.74, 6) is 0. The number of nitrogens with zero attached hydrogens (tertiary/aromatic N) is 1. The fourth-order valence-electron chi connectivity index (χ4n) is 1.80. The summed E-state index contributed by atoms with van der Waals surface area (Å²) in [7, 11) is 3.91. The van der Waals surface area contributed by atoms with Gasteiger partial charge < -0.3 is 19.7 Å². The quantitative estimate of drug-likeness (QED) is 0.622. The Morgan fingerprint density at radius 1 is 1.47 bits per heavy atom. The van der Waals surface area contributed by atoms with Gasteiger partial charge in [0.2, 0.25) is 0 Å². The zero-order chi connectivity index (χ0) is 10.9. The molecule has 90 valence electrons. The van der Waals surface area contributed by atoms with E-state index < -0.39 is 0 Å². The Hall–Kier alpha value is -0.160. The van der Waals surface area contributed by atoms with E-state index in [1.807, 2.05) is 0 Å². The van der Waals surface area contributed by atoms with Gasteiger partial charge in [-0.05, 0) is 26.4 Å². The molecule has 1 N–H and O–H groups in total. The Kier molecular flexibility index (Phi) is 6.92. The van der Waals surface area contributed by atoms with Gasteiger partial charge in [-0.25, -0.2) is 0 Å². The lowest BCUT2D eigenvalue weighted by Crippen LogP contribution is -2.44. The number of morpholine rings is 1. The van der Waals surface area contributed by atoms with E-state index in [0.717, 1.165) is 45.8 Å². The largest absolute Gasteiger partial charge is 0.385 e. The molecule has 1 aliphatic heterocycles. The molecule has 4 heteroatoms. The van der Waals surface area contributed by atoms with E-state index in [-0.39, 0.29) is 0 Å². The second-order valence-electron chi connectivity index (χ2n) is 4.16. The molecule has 0 amide bonds. The summed E-state index contributed by atoms with van der Waals surface area (Å²) in [4.78, 5) is 2.34. The first-order chi connectivity index (χ1) is 7.33. The van der Waals surface area contributed by atoms with Gasteiger partial charge in [0.25, 0.3) is 0 Å². The lowest BCUT2D eigenvalue weighted by molar-refractivity contribution is 0.00967. The summed E-state index contributed by atoms with van der Waals surface area (Å²) < 4.78 is 10.7. The van der Waals surface area contributed by atoms with E-state index in [4.69, 9.17) is 9.47 Å². The van der Waals surface area contributed by atoms with Crippen molar-refractivity contribution in [3.8, 4) is 0 Å². The maximum Gasteiger partial charge on any atom is 0.0826 e. The third kappa shape index (κ3) is 6.10. The minimum absolute atomic E-state index is 0.367. The number of nitrogens with one attached hydrogen (secondary N) is 1. The van der Waals surface area contributed by atoms with E-state index in [0.29, 0.717) is 6.10 Å². The summed E-state index contributed by atoms with van der Waals surface area (Å²) >= 11 is 0. The van der Waals surface area contributed by atoms with Crippen LogP contribution in [0.15, 0.2) is 0 Å². The molecule has 1 rings (SSSR count).